The number of hydrogen-bond donors (Lipinski definition) is 1. The normalized spacial score (nSPS) is 11.7. The number of aromatic amines is 1. The number of carbonyl (C=O) groups excluding carboxylic acids is 1. The third kappa shape index (κ3) is 4.23. The lowest BCUT2D eigenvalue weighted by Crippen LogP contribution is -2.40. The van der Waals surface area contributed by atoms with Gasteiger partial charge in [-0.2, -0.15) is 4.98 Å². The van der Waals surface area contributed by atoms with E-state index in [2.05, 4.69) is 9.97 Å². The van der Waals surface area contributed by atoms with Gasteiger partial charge in [0.05, 0.1) is 4.92 Å². The van der Waals surface area contributed by atoms with E-state index in [1.165, 1.54) is 4.57 Å². The van der Waals surface area contributed by atoms with E-state index in [9.17, 15) is 32.9 Å². The fourth-order valence-corrected chi connectivity index (χ4v) is 4.36. The predicted octanol–water partition coefficient (Wildman–Crippen LogP) is 1.27. The summed E-state index contributed by atoms with van der Waals surface area (Å²) in [6, 6.07) is 4.52. The fraction of sp³-hybridized carbons (Fsp3) is 0.368. The summed E-state index contributed by atoms with van der Waals surface area (Å²) >= 11 is 0. The zero-order valence-electron chi connectivity index (χ0n) is 17.4. The number of imidazole rings is 1. The number of sulfone groups is 1. The van der Waals surface area contributed by atoms with E-state index >= 15 is 0 Å². The third-order valence-electron chi connectivity index (χ3n) is 4.75. The van der Waals surface area contributed by atoms with Gasteiger partial charge in [-0.1, -0.05) is 13.8 Å². The Hall–Kier alpha value is -3.61. The molecule has 12 nitrogen and oxygen atoms in total. The molecule has 0 aliphatic heterocycles. The summed E-state index contributed by atoms with van der Waals surface area (Å²) in [7, 11) is -4.30. The molecule has 0 bridgehead atoms. The van der Waals surface area contributed by atoms with E-state index in [1.54, 1.807) is 6.92 Å². The Morgan fingerprint density at radius 1 is 1.09 bits per heavy atom. The number of hydrogen-bond acceptors (Lipinski definition) is 8. The number of nitrogens with one attached hydrogen (secondary N) is 1. The number of benzene rings is 1. The molecule has 13 heteroatoms. The SMILES string of the molecule is CCCn1c(=O)c2[nH]c(S(=O)(=O)CC(=O)c3ccc([N+](=O)[O-])cc3)nc2n(CCC)c1=O. The maximum atomic E-state index is 12.8. The van der Waals surface area contributed by atoms with Crippen LogP contribution in [-0.2, 0) is 22.9 Å². The molecule has 3 aromatic rings. The summed E-state index contributed by atoms with van der Waals surface area (Å²) in [4.78, 5) is 54.4. The molecule has 1 aromatic carbocycles. The van der Waals surface area contributed by atoms with Crippen LogP contribution in [0.1, 0.15) is 37.0 Å². The molecule has 0 aliphatic carbocycles. The van der Waals surface area contributed by atoms with Crippen molar-refractivity contribution >= 4 is 32.5 Å². The Kier molecular flexibility index (Phi) is 6.39. The van der Waals surface area contributed by atoms with Crippen LogP contribution in [0.5, 0.6) is 0 Å². The van der Waals surface area contributed by atoms with Gasteiger partial charge in [-0.25, -0.2) is 13.2 Å². The van der Waals surface area contributed by atoms with Gasteiger partial charge in [0, 0.05) is 30.8 Å². The molecule has 3 rings (SSSR count). The molecule has 0 fully saturated rings. The van der Waals surface area contributed by atoms with Crippen LogP contribution in [0.2, 0.25) is 0 Å². The number of nitrogens with zero attached hydrogens (tertiary/aromatic N) is 4. The monoisotopic (exact) mass is 463 g/mol. The zero-order valence-corrected chi connectivity index (χ0v) is 18.2. The predicted molar refractivity (Wildman–Crippen MR) is 115 cm³/mol. The van der Waals surface area contributed by atoms with Gasteiger partial charge in [-0.3, -0.25) is 28.8 Å². The maximum absolute atomic E-state index is 12.8. The number of H-pyrrole nitrogens is 1. The number of aromatic nitrogens is 4. The lowest BCUT2D eigenvalue weighted by Gasteiger charge is -2.09. The first-order valence-corrected chi connectivity index (χ1v) is 11.5. The molecule has 0 unspecified atom stereocenters. The minimum absolute atomic E-state index is 0.0246. The molecule has 2 aromatic heterocycles. The molecule has 0 amide bonds. The van der Waals surface area contributed by atoms with Gasteiger partial charge in [0.2, 0.25) is 15.0 Å². The summed E-state index contributed by atoms with van der Waals surface area (Å²) in [6.45, 7) is 4.01. The molecule has 2 heterocycles. The van der Waals surface area contributed by atoms with Crippen molar-refractivity contribution < 1.29 is 18.1 Å². The van der Waals surface area contributed by atoms with Crippen LogP contribution >= 0.6 is 0 Å². The highest BCUT2D eigenvalue weighted by Gasteiger charge is 2.27. The van der Waals surface area contributed by atoms with E-state index < -0.39 is 42.7 Å². The Morgan fingerprint density at radius 3 is 2.25 bits per heavy atom. The molecule has 0 aliphatic rings. The van der Waals surface area contributed by atoms with E-state index in [0.717, 1.165) is 28.8 Å². The zero-order chi connectivity index (χ0) is 23.6. The number of aryl methyl sites for hydroxylation is 1. The first-order chi connectivity index (χ1) is 15.1. The first kappa shape index (κ1) is 23.1. The lowest BCUT2D eigenvalue weighted by atomic mass is 10.1. The quantitative estimate of drug-likeness (QED) is 0.281. The number of nitro groups is 1. The number of non-ortho nitro benzene ring substituents is 1. The van der Waals surface area contributed by atoms with Crippen molar-refractivity contribution in [3.8, 4) is 0 Å². The molecule has 0 atom stereocenters. The van der Waals surface area contributed by atoms with Crippen LogP contribution in [0.3, 0.4) is 0 Å². The molecular formula is C19H21N5O7S. The Morgan fingerprint density at radius 2 is 1.69 bits per heavy atom. The molecule has 0 saturated heterocycles. The Labute approximate surface area is 181 Å². The maximum Gasteiger partial charge on any atom is 0.332 e. The smallest absolute Gasteiger partial charge is 0.323 e. The highest BCUT2D eigenvalue weighted by molar-refractivity contribution is 7.92. The topological polar surface area (TPSA) is 167 Å². The van der Waals surface area contributed by atoms with E-state index in [0.29, 0.717) is 12.8 Å². The van der Waals surface area contributed by atoms with Gasteiger partial charge in [0.1, 0.15) is 5.75 Å². The van der Waals surface area contributed by atoms with E-state index in [1.807, 2.05) is 6.92 Å². The highest BCUT2D eigenvalue weighted by atomic mass is 32.2. The number of Topliss-reactive ketones (excluding diaryl/α,β-unsaturated/α-hetero) is 1. The van der Waals surface area contributed by atoms with Crippen LogP contribution in [0.25, 0.3) is 11.2 Å². The largest absolute Gasteiger partial charge is 0.332 e. The molecule has 0 radical (unpaired) electrons. The molecule has 0 spiro atoms. The number of ketones is 1. The fourth-order valence-electron chi connectivity index (χ4n) is 3.23. The highest BCUT2D eigenvalue weighted by Crippen LogP contribution is 2.16. The van der Waals surface area contributed by atoms with Gasteiger partial charge in [-0.15, -0.1) is 0 Å². The van der Waals surface area contributed by atoms with Crippen LogP contribution in [0, 0.1) is 10.1 Å². The molecule has 0 saturated carbocycles. The number of rotatable bonds is 9. The number of nitro benzene ring substituents is 1. The summed E-state index contributed by atoms with van der Waals surface area (Å²) in [6.07, 6.45) is 1.07. The van der Waals surface area contributed by atoms with Gasteiger partial charge in [0.15, 0.2) is 16.9 Å². The second-order valence-corrected chi connectivity index (χ2v) is 9.02. The van der Waals surface area contributed by atoms with E-state index in [4.69, 9.17) is 0 Å². The van der Waals surface area contributed by atoms with Crippen LogP contribution in [0.4, 0.5) is 5.69 Å². The second-order valence-electron chi connectivity index (χ2n) is 7.12. The first-order valence-electron chi connectivity index (χ1n) is 9.84. The van der Waals surface area contributed by atoms with Crippen molar-refractivity contribution in [2.24, 2.45) is 0 Å². The van der Waals surface area contributed by atoms with Crippen molar-refractivity contribution in [2.75, 3.05) is 5.75 Å². The van der Waals surface area contributed by atoms with Crippen molar-refractivity contribution in [3.63, 3.8) is 0 Å². The number of fused-ring (bicyclic) bond motifs is 1. The molecular weight excluding hydrogens is 442 g/mol. The van der Waals surface area contributed by atoms with Gasteiger partial charge < -0.3 is 4.98 Å². The second kappa shape index (κ2) is 8.86. The van der Waals surface area contributed by atoms with Crippen molar-refractivity contribution in [1.29, 1.82) is 0 Å². The summed E-state index contributed by atoms with van der Waals surface area (Å²) in [5, 5.41) is 10.1. The van der Waals surface area contributed by atoms with Crippen molar-refractivity contribution in [2.45, 2.75) is 44.9 Å². The Balaban J connectivity index is 2.04. The summed E-state index contributed by atoms with van der Waals surface area (Å²) in [5.41, 5.74) is -1.75. The minimum atomic E-state index is -4.30. The molecule has 32 heavy (non-hydrogen) atoms. The summed E-state index contributed by atoms with van der Waals surface area (Å²) in [5.74, 6) is -1.76. The van der Waals surface area contributed by atoms with Crippen LogP contribution in [-0.4, -0.2) is 44.0 Å². The van der Waals surface area contributed by atoms with Crippen molar-refractivity contribution in [3.05, 3.63) is 60.8 Å². The molecule has 1 N–H and O–H groups in total. The average Bonchev–Trinajstić information content (AvgIpc) is 3.20. The Bertz CT molecular complexity index is 1420. The van der Waals surface area contributed by atoms with Gasteiger partial charge >= 0.3 is 5.69 Å². The third-order valence-corrected chi connectivity index (χ3v) is 6.17. The lowest BCUT2D eigenvalue weighted by molar-refractivity contribution is -0.384. The minimum Gasteiger partial charge on any atom is -0.323 e. The standard InChI is InChI=1S/C19H21N5O7S/c1-3-9-22-16-15(17(26)23(10-4-2)19(22)27)20-18(21-16)32(30,31)11-14(25)12-5-7-13(8-6-12)24(28)29/h5-8H,3-4,9-11H2,1-2H3,(H,20,21). The number of carbonyl (C=O) groups is 1. The van der Waals surface area contributed by atoms with Crippen LogP contribution < -0.4 is 11.2 Å². The van der Waals surface area contributed by atoms with Gasteiger partial charge in [0.25, 0.3) is 11.2 Å². The van der Waals surface area contributed by atoms with E-state index in [-0.39, 0.29) is 35.5 Å². The molecule has 170 valence electrons. The average molecular weight is 463 g/mol. The van der Waals surface area contributed by atoms with Gasteiger partial charge in [-0.05, 0) is 25.0 Å². The van der Waals surface area contributed by atoms with Crippen molar-refractivity contribution in [1.82, 2.24) is 19.1 Å². The summed E-state index contributed by atoms with van der Waals surface area (Å²) < 4.78 is 27.9. The van der Waals surface area contributed by atoms with Crippen LogP contribution in [0.15, 0.2) is 39.0 Å².